The van der Waals surface area contributed by atoms with E-state index in [1.165, 1.54) is 11.3 Å². The van der Waals surface area contributed by atoms with E-state index in [-0.39, 0.29) is 5.78 Å². The quantitative estimate of drug-likeness (QED) is 0.671. The Bertz CT molecular complexity index is 521. The molecule has 0 saturated heterocycles. The summed E-state index contributed by atoms with van der Waals surface area (Å²) in [6.07, 6.45) is 0.339. The first-order valence-corrected chi connectivity index (χ1v) is 6.03. The molecule has 16 heavy (non-hydrogen) atoms. The number of ketones is 1. The maximum atomic E-state index is 11.9. The number of nitrogens with two attached hydrogens (primary N) is 1. The van der Waals surface area contributed by atoms with Crippen LogP contribution in [0.5, 0.6) is 0 Å². The fourth-order valence-corrected chi connectivity index (χ4v) is 2.56. The highest BCUT2D eigenvalue weighted by atomic mass is 35.5. The SMILES string of the molecule is Nc1cccc(CC(=O)c2sccc2Cl)c1. The van der Waals surface area contributed by atoms with Gasteiger partial charge in [-0.2, -0.15) is 0 Å². The molecule has 0 aliphatic carbocycles. The summed E-state index contributed by atoms with van der Waals surface area (Å²) >= 11 is 7.27. The van der Waals surface area contributed by atoms with Crippen LogP contribution in [0.3, 0.4) is 0 Å². The van der Waals surface area contributed by atoms with Crippen molar-refractivity contribution in [1.29, 1.82) is 0 Å². The van der Waals surface area contributed by atoms with E-state index < -0.39 is 0 Å². The van der Waals surface area contributed by atoms with Crippen LogP contribution in [-0.4, -0.2) is 5.78 Å². The average molecular weight is 252 g/mol. The van der Waals surface area contributed by atoms with Crippen molar-refractivity contribution in [3.8, 4) is 0 Å². The van der Waals surface area contributed by atoms with Crippen LogP contribution in [0.25, 0.3) is 0 Å². The lowest BCUT2D eigenvalue weighted by molar-refractivity contribution is 0.0997. The first-order valence-electron chi connectivity index (χ1n) is 4.77. The van der Waals surface area contributed by atoms with Crippen LogP contribution >= 0.6 is 22.9 Å². The van der Waals surface area contributed by atoms with Gasteiger partial charge >= 0.3 is 0 Å². The van der Waals surface area contributed by atoms with Crippen molar-refractivity contribution >= 4 is 34.4 Å². The molecule has 0 atom stereocenters. The monoisotopic (exact) mass is 251 g/mol. The third-order valence-corrected chi connectivity index (χ3v) is 3.57. The number of thiophene rings is 1. The number of rotatable bonds is 3. The van der Waals surface area contributed by atoms with Crippen LogP contribution in [0.2, 0.25) is 5.02 Å². The van der Waals surface area contributed by atoms with Gasteiger partial charge in [0.1, 0.15) is 0 Å². The van der Waals surface area contributed by atoms with E-state index in [0.29, 0.717) is 22.0 Å². The third kappa shape index (κ3) is 2.43. The number of hydrogen-bond acceptors (Lipinski definition) is 3. The Hall–Kier alpha value is -1.32. The van der Waals surface area contributed by atoms with Gasteiger partial charge in [-0.25, -0.2) is 0 Å². The largest absolute Gasteiger partial charge is 0.399 e. The molecule has 0 fully saturated rings. The molecule has 1 aromatic heterocycles. The maximum absolute atomic E-state index is 11.9. The van der Waals surface area contributed by atoms with Gasteiger partial charge < -0.3 is 5.73 Å². The molecule has 2 N–H and O–H groups in total. The molecule has 0 saturated carbocycles. The second-order valence-electron chi connectivity index (χ2n) is 3.44. The molecule has 0 aliphatic rings. The van der Waals surface area contributed by atoms with Gasteiger partial charge in [0.2, 0.25) is 0 Å². The van der Waals surface area contributed by atoms with Gasteiger partial charge in [-0.3, -0.25) is 4.79 Å². The van der Waals surface area contributed by atoms with Crippen LogP contribution in [0.1, 0.15) is 15.2 Å². The topological polar surface area (TPSA) is 43.1 Å². The van der Waals surface area contributed by atoms with E-state index in [1.807, 2.05) is 17.5 Å². The Balaban J connectivity index is 2.17. The molecule has 0 amide bonds. The molecule has 82 valence electrons. The number of benzene rings is 1. The van der Waals surface area contributed by atoms with Crippen molar-refractivity contribution in [2.24, 2.45) is 0 Å². The summed E-state index contributed by atoms with van der Waals surface area (Å²) in [5.41, 5.74) is 7.23. The van der Waals surface area contributed by atoms with Gasteiger partial charge in [-0.15, -0.1) is 11.3 Å². The first kappa shape index (κ1) is 11.2. The summed E-state index contributed by atoms with van der Waals surface area (Å²) in [7, 11) is 0. The average Bonchev–Trinajstić information content (AvgIpc) is 2.64. The fourth-order valence-electron chi connectivity index (χ4n) is 1.46. The molecule has 2 rings (SSSR count). The highest BCUT2D eigenvalue weighted by Gasteiger charge is 2.12. The van der Waals surface area contributed by atoms with E-state index in [2.05, 4.69) is 0 Å². The summed E-state index contributed by atoms with van der Waals surface area (Å²) in [5.74, 6) is 0.0330. The molecule has 0 spiro atoms. The minimum atomic E-state index is 0.0330. The van der Waals surface area contributed by atoms with Crippen LogP contribution in [0, 0.1) is 0 Å². The lowest BCUT2D eigenvalue weighted by Crippen LogP contribution is -2.02. The zero-order valence-corrected chi connectivity index (χ0v) is 10.0. The standard InChI is InChI=1S/C12H10ClNOS/c13-10-4-5-16-12(10)11(15)7-8-2-1-3-9(14)6-8/h1-6H,7,14H2. The molecule has 2 nitrogen and oxygen atoms in total. The minimum absolute atomic E-state index is 0.0330. The zero-order chi connectivity index (χ0) is 11.5. The van der Waals surface area contributed by atoms with Crippen LogP contribution in [-0.2, 0) is 6.42 Å². The van der Waals surface area contributed by atoms with E-state index in [1.54, 1.807) is 18.2 Å². The summed E-state index contributed by atoms with van der Waals surface area (Å²) in [6.45, 7) is 0. The smallest absolute Gasteiger partial charge is 0.178 e. The lowest BCUT2D eigenvalue weighted by Gasteiger charge is -2.01. The normalized spacial score (nSPS) is 10.3. The summed E-state index contributed by atoms with van der Waals surface area (Å²) < 4.78 is 0. The zero-order valence-electron chi connectivity index (χ0n) is 8.44. The number of carbonyl (C=O) groups is 1. The molecule has 1 heterocycles. The molecule has 0 aliphatic heterocycles. The Labute approximate surface area is 103 Å². The maximum Gasteiger partial charge on any atom is 0.178 e. The summed E-state index contributed by atoms with van der Waals surface area (Å²) in [6, 6.07) is 9.06. The number of anilines is 1. The van der Waals surface area contributed by atoms with Crippen molar-refractivity contribution in [2.45, 2.75) is 6.42 Å². The number of nitrogen functional groups attached to an aromatic ring is 1. The highest BCUT2D eigenvalue weighted by molar-refractivity contribution is 7.12. The van der Waals surface area contributed by atoms with Crippen molar-refractivity contribution < 1.29 is 4.79 Å². The molecule has 2 aromatic rings. The first-order chi connectivity index (χ1) is 7.66. The number of halogens is 1. The van der Waals surface area contributed by atoms with E-state index in [0.717, 1.165) is 5.56 Å². The van der Waals surface area contributed by atoms with Gasteiger partial charge in [-0.1, -0.05) is 23.7 Å². The second kappa shape index (κ2) is 4.68. The second-order valence-corrected chi connectivity index (χ2v) is 4.77. The number of carbonyl (C=O) groups excluding carboxylic acids is 1. The van der Waals surface area contributed by atoms with Crippen molar-refractivity contribution in [3.05, 3.63) is 51.2 Å². The van der Waals surface area contributed by atoms with Crippen molar-refractivity contribution in [1.82, 2.24) is 0 Å². The lowest BCUT2D eigenvalue weighted by atomic mass is 10.1. The Kier molecular flexibility index (Phi) is 3.27. The van der Waals surface area contributed by atoms with Crippen LogP contribution < -0.4 is 5.73 Å². The molecule has 1 aromatic carbocycles. The third-order valence-electron chi connectivity index (χ3n) is 2.19. The predicted octanol–water partition coefficient (Wildman–Crippen LogP) is 3.41. The van der Waals surface area contributed by atoms with Gasteiger partial charge in [0, 0.05) is 12.1 Å². The molecule has 4 heteroatoms. The Morgan fingerprint density at radius 2 is 2.19 bits per heavy atom. The fraction of sp³-hybridized carbons (Fsp3) is 0.0833. The van der Waals surface area contributed by atoms with Crippen molar-refractivity contribution in [3.63, 3.8) is 0 Å². The minimum Gasteiger partial charge on any atom is -0.399 e. The molecule has 0 radical (unpaired) electrons. The van der Waals surface area contributed by atoms with E-state index in [9.17, 15) is 4.79 Å². The molecule has 0 bridgehead atoms. The Morgan fingerprint density at radius 3 is 2.81 bits per heavy atom. The molecular weight excluding hydrogens is 242 g/mol. The number of hydrogen-bond donors (Lipinski definition) is 1. The van der Waals surface area contributed by atoms with Gasteiger partial charge in [-0.05, 0) is 29.1 Å². The molecular formula is C12H10ClNOS. The summed E-state index contributed by atoms with van der Waals surface area (Å²) in [5, 5.41) is 2.34. The van der Waals surface area contributed by atoms with Crippen molar-refractivity contribution in [2.75, 3.05) is 5.73 Å². The van der Waals surface area contributed by atoms with Gasteiger partial charge in [0.25, 0.3) is 0 Å². The predicted molar refractivity (Wildman–Crippen MR) is 68.2 cm³/mol. The van der Waals surface area contributed by atoms with E-state index >= 15 is 0 Å². The van der Waals surface area contributed by atoms with E-state index in [4.69, 9.17) is 17.3 Å². The highest BCUT2D eigenvalue weighted by Crippen LogP contribution is 2.23. The van der Waals surface area contributed by atoms with Crippen LogP contribution in [0.4, 0.5) is 5.69 Å². The summed E-state index contributed by atoms with van der Waals surface area (Å²) in [4.78, 5) is 12.5. The molecule has 0 unspecified atom stereocenters. The number of Topliss-reactive ketones (excluding diaryl/α,β-unsaturated/α-hetero) is 1. The Morgan fingerprint density at radius 1 is 1.38 bits per heavy atom. The van der Waals surface area contributed by atoms with Crippen LogP contribution in [0.15, 0.2) is 35.7 Å². The van der Waals surface area contributed by atoms with Gasteiger partial charge in [0.15, 0.2) is 5.78 Å². The van der Waals surface area contributed by atoms with Gasteiger partial charge in [0.05, 0.1) is 9.90 Å².